The number of phenolic OH excluding ortho intramolecular Hbond substituents is 2. The van der Waals surface area contributed by atoms with Crippen LogP contribution >= 0.6 is 0 Å². The Labute approximate surface area is 222 Å². The first-order valence-corrected chi connectivity index (χ1v) is 13.7. The topological polar surface area (TPSA) is 40.5 Å². The Morgan fingerprint density at radius 2 is 0.667 bits per heavy atom. The molecular weight excluding hydrogens is 440 g/mol. The number of rotatable bonds is 6. The predicted octanol–water partition coefficient (Wildman–Crippen LogP) is 9.60. The molecule has 202 valence electrons. The van der Waals surface area contributed by atoms with Gasteiger partial charge in [0, 0.05) is 5.92 Å². The molecule has 0 saturated heterocycles. The van der Waals surface area contributed by atoms with Crippen molar-refractivity contribution in [2.24, 2.45) is 21.7 Å². The third-order valence-electron chi connectivity index (χ3n) is 6.46. The van der Waals surface area contributed by atoms with E-state index in [1.165, 1.54) is 11.1 Å². The summed E-state index contributed by atoms with van der Waals surface area (Å²) in [5.74, 6) is 1.08. The Balaban J connectivity index is 2.70. The highest BCUT2D eigenvalue weighted by Gasteiger charge is 2.25. The quantitative estimate of drug-likeness (QED) is 0.419. The minimum Gasteiger partial charge on any atom is -0.507 e. The lowest BCUT2D eigenvalue weighted by atomic mass is 9.79. The second-order valence-corrected chi connectivity index (χ2v) is 16.0. The monoisotopic (exact) mass is 494 g/mol. The fourth-order valence-electron chi connectivity index (χ4n) is 5.09. The molecular formula is C34H54O2. The van der Waals surface area contributed by atoms with Crippen LogP contribution in [0.5, 0.6) is 11.5 Å². The van der Waals surface area contributed by atoms with Crippen molar-refractivity contribution in [2.75, 3.05) is 0 Å². The van der Waals surface area contributed by atoms with Crippen molar-refractivity contribution in [3.8, 4) is 11.5 Å². The highest BCUT2D eigenvalue weighted by atomic mass is 16.3. The van der Waals surface area contributed by atoms with E-state index in [9.17, 15) is 10.2 Å². The summed E-state index contributed by atoms with van der Waals surface area (Å²) in [7, 11) is 0. The van der Waals surface area contributed by atoms with E-state index in [4.69, 9.17) is 0 Å². The second kappa shape index (κ2) is 10.4. The van der Waals surface area contributed by atoms with Crippen molar-refractivity contribution in [1.82, 2.24) is 0 Å². The van der Waals surface area contributed by atoms with Gasteiger partial charge in [-0.15, -0.1) is 0 Å². The minimum absolute atomic E-state index is 0.0800. The second-order valence-electron chi connectivity index (χ2n) is 16.0. The maximum absolute atomic E-state index is 11.2. The fraction of sp³-hybridized carbons (Fsp3) is 0.647. The first-order valence-electron chi connectivity index (χ1n) is 13.7. The van der Waals surface area contributed by atoms with Gasteiger partial charge in [0.15, 0.2) is 0 Å². The van der Waals surface area contributed by atoms with Gasteiger partial charge >= 0.3 is 0 Å². The largest absolute Gasteiger partial charge is 0.507 e. The third-order valence-corrected chi connectivity index (χ3v) is 6.46. The average Bonchev–Trinajstić information content (AvgIpc) is 2.63. The number of hydrogen-bond acceptors (Lipinski definition) is 2. The molecule has 2 aromatic rings. The van der Waals surface area contributed by atoms with Crippen molar-refractivity contribution in [2.45, 2.75) is 122 Å². The van der Waals surface area contributed by atoms with Crippen molar-refractivity contribution < 1.29 is 10.2 Å². The molecule has 0 aliphatic heterocycles. The molecule has 0 spiro atoms. The highest BCUT2D eigenvalue weighted by molar-refractivity contribution is 5.51. The van der Waals surface area contributed by atoms with E-state index < -0.39 is 0 Å². The molecule has 2 N–H and O–H groups in total. The number of benzene rings is 2. The summed E-state index contributed by atoms with van der Waals surface area (Å²) < 4.78 is 0. The van der Waals surface area contributed by atoms with Crippen molar-refractivity contribution in [3.63, 3.8) is 0 Å². The van der Waals surface area contributed by atoms with Crippen LogP contribution in [-0.4, -0.2) is 10.2 Å². The van der Waals surface area contributed by atoms with Gasteiger partial charge in [0.2, 0.25) is 0 Å². The summed E-state index contributed by atoms with van der Waals surface area (Å²) in [6, 6.07) is 8.88. The van der Waals surface area contributed by atoms with Crippen LogP contribution in [0.2, 0.25) is 0 Å². The van der Waals surface area contributed by atoms with Crippen molar-refractivity contribution >= 4 is 0 Å². The van der Waals surface area contributed by atoms with Gasteiger partial charge in [0.05, 0.1) is 0 Å². The molecule has 0 amide bonds. The van der Waals surface area contributed by atoms with Crippen LogP contribution < -0.4 is 0 Å². The Morgan fingerprint density at radius 1 is 0.472 bits per heavy atom. The lowest BCUT2D eigenvalue weighted by Crippen LogP contribution is -2.15. The standard InChI is InChI=1S/C34H54O2/c1-22(23-14-25(18-31(2,3)4)29(35)26(15-23)19-32(5,6)7)24-16-27(20-33(8,9)10)30(36)28(17-24)21-34(11,12)13/h14-17,22,35-36H,18-21H2,1-13H3. The first-order chi connectivity index (χ1) is 16.0. The van der Waals surface area contributed by atoms with Gasteiger partial charge in [-0.2, -0.15) is 0 Å². The molecule has 2 nitrogen and oxygen atoms in total. The maximum atomic E-state index is 11.2. The van der Waals surface area contributed by atoms with E-state index in [1.807, 2.05) is 0 Å². The van der Waals surface area contributed by atoms with Gasteiger partial charge in [-0.3, -0.25) is 0 Å². The zero-order valence-corrected chi connectivity index (χ0v) is 25.6. The zero-order chi connectivity index (χ0) is 27.9. The molecule has 0 fully saturated rings. The Bertz CT molecular complexity index is 887. The van der Waals surface area contributed by atoms with E-state index in [-0.39, 0.29) is 27.6 Å². The van der Waals surface area contributed by atoms with Crippen LogP contribution in [0.1, 0.15) is 129 Å². The van der Waals surface area contributed by atoms with Crippen LogP contribution in [-0.2, 0) is 25.7 Å². The van der Waals surface area contributed by atoms with E-state index in [2.05, 4.69) is 114 Å². The normalized spacial score (nSPS) is 13.5. The summed E-state index contributed by atoms with van der Waals surface area (Å²) in [5.41, 5.74) is 6.94. The van der Waals surface area contributed by atoms with Crippen LogP contribution in [0.15, 0.2) is 24.3 Å². The molecule has 0 aliphatic carbocycles. The minimum atomic E-state index is 0.0800. The summed E-state index contributed by atoms with van der Waals surface area (Å²) >= 11 is 0. The molecule has 2 rings (SSSR count). The van der Waals surface area contributed by atoms with Gasteiger partial charge in [-0.1, -0.05) is 114 Å². The number of phenols is 2. The molecule has 0 bridgehead atoms. The highest BCUT2D eigenvalue weighted by Crippen LogP contribution is 2.40. The smallest absolute Gasteiger partial charge is 0.122 e. The number of hydrogen-bond donors (Lipinski definition) is 2. The van der Waals surface area contributed by atoms with E-state index >= 15 is 0 Å². The molecule has 0 aliphatic rings. The molecule has 0 saturated carbocycles. The molecule has 36 heavy (non-hydrogen) atoms. The molecule has 0 unspecified atom stereocenters. The molecule has 0 atom stereocenters. The summed E-state index contributed by atoms with van der Waals surface area (Å²) in [5, 5.41) is 22.5. The fourth-order valence-corrected chi connectivity index (χ4v) is 5.09. The van der Waals surface area contributed by atoms with Crippen LogP contribution in [0.25, 0.3) is 0 Å². The van der Waals surface area contributed by atoms with Crippen molar-refractivity contribution in [3.05, 3.63) is 57.6 Å². The van der Waals surface area contributed by atoms with E-state index in [1.54, 1.807) is 0 Å². The van der Waals surface area contributed by atoms with Gasteiger partial charge in [-0.25, -0.2) is 0 Å². The molecule has 0 radical (unpaired) electrons. The maximum Gasteiger partial charge on any atom is 0.122 e. The van der Waals surface area contributed by atoms with Crippen LogP contribution in [0.4, 0.5) is 0 Å². The molecule has 2 aromatic carbocycles. The average molecular weight is 495 g/mol. The summed E-state index contributed by atoms with van der Waals surface area (Å²) in [6.45, 7) is 29.0. The van der Waals surface area contributed by atoms with Gasteiger partial charge < -0.3 is 10.2 Å². The molecule has 2 heteroatoms. The summed E-state index contributed by atoms with van der Waals surface area (Å²) in [4.78, 5) is 0. The SMILES string of the molecule is CC(c1cc(CC(C)(C)C)c(O)c(CC(C)(C)C)c1)c1cc(CC(C)(C)C)c(O)c(CC(C)(C)C)c1. The van der Waals surface area contributed by atoms with Gasteiger partial charge in [0.1, 0.15) is 11.5 Å². The third kappa shape index (κ3) is 9.16. The van der Waals surface area contributed by atoms with E-state index in [0.29, 0.717) is 11.5 Å². The van der Waals surface area contributed by atoms with Gasteiger partial charge in [-0.05, 0) is 80.7 Å². The van der Waals surface area contributed by atoms with Crippen LogP contribution in [0, 0.1) is 21.7 Å². The predicted molar refractivity (Wildman–Crippen MR) is 156 cm³/mol. The van der Waals surface area contributed by atoms with Crippen LogP contribution in [0.3, 0.4) is 0 Å². The lowest BCUT2D eigenvalue weighted by Gasteiger charge is -2.27. The zero-order valence-electron chi connectivity index (χ0n) is 25.6. The number of aromatic hydroxyl groups is 2. The molecule has 0 aromatic heterocycles. The van der Waals surface area contributed by atoms with Crippen molar-refractivity contribution in [1.29, 1.82) is 0 Å². The first kappa shape index (κ1) is 30.3. The Hall–Kier alpha value is -1.96. The van der Waals surface area contributed by atoms with E-state index in [0.717, 1.165) is 47.9 Å². The molecule has 0 heterocycles. The Kier molecular flexibility index (Phi) is 8.76. The summed E-state index contributed by atoms with van der Waals surface area (Å²) in [6.07, 6.45) is 3.32. The lowest BCUT2D eigenvalue weighted by molar-refractivity contribution is 0.377. The Morgan fingerprint density at radius 3 is 0.833 bits per heavy atom. The van der Waals surface area contributed by atoms with Gasteiger partial charge in [0.25, 0.3) is 0 Å².